The Balaban J connectivity index is 1.65. The number of aromatic nitrogens is 4. The zero-order valence-corrected chi connectivity index (χ0v) is 17.3. The van der Waals surface area contributed by atoms with E-state index < -0.39 is 6.10 Å². The average Bonchev–Trinajstić information content (AvgIpc) is 3.37. The van der Waals surface area contributed by atoms with Crippen LogP contribution in [0.5, 0.6) is 5.75 Å². The van der Waals surface area contributed by atoms with Crippen molar-refractivity contribution in [3.05, 3.63) is 61.1 Å². The molecule has 2 aromatic heterocycles. The highest BCUT2D eigenvalue weighted by atomic mass is 16.5. The number of anilines is 3. The SMILES string of the molecule is COc1cc(Nc2nc(NCC(O)CO)nc(-c3ccccc3)n2)ccc1-c1cnco1. The van der Waals surface area contributed by atoms with Crippen LogP contribution in [0.25, 0.3) is 22.7 Å². The first-order valence-corrected chi connectivity index (χ1v) is 9.84. The summed E-state index contributed by atoms with van der Waals surface area (Å²) >= 11 is 0. The molecule has 4 N–H and O–H groups in total. The second-order valence-corrected chi connectivity index (χ2v) is 6.80. The Morgan fingerprint density at radius 3 is 2.59 bits per heavy atom. The fourth-order valence-corrected chi connectivity index (χ4v) is 2.95. The molecule has 0 fully saturated rings. The number of rotatable bonds is 9. The summed E-state index contributed by atoms with van der Waals surface area (Å²) in [6.07, 6.45) is 2.04. The minimum atomic E-state index is -0.934. The average molecular weight is 434 g/mol. The highest BCUT2D eigenvalue weighted by Gasteiger charge is 2.13. The van der Waals surface area contributed by atoms with Crippen molar-refractivity contribution in [2.75, 3.05) is 30.9 Å². The molecule has 0 spiro atoms. The van der Waals surface area contributed by atoms with Gasteiger partial charge in [-0.25, -0.2) is 4.98 Å². The summed E-state index contributed by atoms with van der Waals surface area (Å²) in [4.78, 5) is 17.3. The largest absolute Gasteiger partial charge is 0.496 e. The van der Waals surface area contributed by atoms with E-state index in [1.165, 1.54) is 6.39 Å². The van der Waals surface area contributed by atoms with Gasteiger partial charge in [0.25, 0.3) is 0 Å². The van der Waals surface area contributed by atoms with Crippen molar-refractivity contribution in [2.45, 2.75) is 6.10 Å². The Kier molecular flexibility index (Phi) is 6.54. The van der Waals surface area contributed by atoms with Gasteiger partial charge in [0.05, 0.1) is 31.6 Å². The van der Waals surface area contributed by atoms with Gasteiger partial charge < -0.3 is 30.0 Å². The minimum absolute atomic E-state index is 0.0912. The first-order valence-electron chi connectivity index (χ1n) is 9.84. The molecule has 164 valence electrons. The summed E-state index contributed by atoms with van der Waals surface area (Å²) in [6.45, 7) is -0.278. The molecule has 0 aliphatic heterocycles. The van der Waals surface area contributed by atoms with Crippen LogP contribution >= 0.6 is 0 Å². The smallest absolute Gasteiger partial charge is 0.232 e. The van der Waals surface area contributed by atoms with Crippen molar-refractivity contribution in [3.63, 3.8) is 0 Å². The molecule has 1 unspecified atom stereocenters. The van der Waals surface area contributed by atoms with Crippen LogP contribution < -0.4 is 15.4 Å². The summed E-state index contributed by atoms with van der Waals surface area (Å²) in [5.74, 6) is 2.20. The Hall–Kier alpha value is -4.02. The van der Waals surface area contributed by atoms with Crippen LogP contribution in [-0.4, -0.2) is 56.5 Å². The van der Waals surface area contributed by atoms with Crippen LogP contribution in [0.3, 0.4) is 0 Å². The summed E-state index contributed by atoms with van der Waals surface area (Å²) in [5, 5.41) is 24.8. The van der Waals surface area contributed by atoms with E-state index in [4.69, 9.17) is 14.3 Å². The molecule has 4 aromatic rings. The van der Waals surface area contributed by atoms with Crippen LogP contribution in [0.1, 0.15) is 0 Å². The van der Waals surface area contributed by atoms with Gasteiger partial charge in [-0.05, 0) is 12.1 Å². The van der Waals surface area contributed by atoms with Gasteiger partial charge in [-0.15, -0.1) is 0 Å². The first-order chi connectivity index (χ1) is 15.7. The number of benzene rings is 2. The quantitative estimate of drug-likeness (QED) is 0.311. The van der Waals surface area contributed by atoms with Crippen LogP contribution in [0, 0.1) is 0 Å². The molecule has 32 heavy (non-hydrogen) atoms. The Morgan fingerprint density at radius 1 is 1.06 bits per heavy atom. The number of nitrogens with one attached hydrogen (secondary N) is 2. The fourth-order valence-electron chi connectivity index (χ4n) is 2.95. The van der Waals surface area contributed by atoms with Crippen LogP contribution in [0.4, 0.5) is 17.6 Å². The van der Waals surface area contributed by atoms with Crippen molar-refractivity contribution < 1.29 is 19.4 Å². The highest BCUT2D eigenvalue weighted by Crippen LogP contribution is 2.33. The Morgan fingerprint density at radius 2 is 1.88 bits per heavy atom. The standard InChI is InChI=1S/C22H22N6O4/c1-31-18-9-15(7-8-17(18)19-11-23-13-32-19)25-22-27-20(14-5-3-2-4-6-14)26-21(28-22)24-10-16(30)12-29/h2-9,11,13,16,29-30H,10,12H2,1H3,(H2,24,25,26,27,28). The molecule has 0 saturated heterocycles. The molecule has 0 radical (unpaired) electrons. The number of aliphatic hydroxyl groups is 2. The van der Waals surface area contributed by atoms with Gasteiger partial charge in [-0.3, -0.25) is 0 Å². The number of aliphatic hydroxyl groups excluding tert-OH is 2. The normalized spacial score (nSPS) is 11.7. The van der Waals surface area contributed by atoms with Crippen molar-refractivity contribution in [1.29, 1.82) is 0 Å². The third-order valence-electron chi connectivity index (χ3n) is 4.53. The van der Waals surface area contributed by atoms with Crippen molar-refractivity contribution in [1.82, 2.24) is 19.9 Å². The maximum atomic E-state index is 9.65. The van der Waals surface area contributed by atoms with Gasteiger partial charge in [0.15, 0.2) is 18.0 Å². The monoisotopic (exact) mass is 434 g/mol. The zero-order chi connectivity index (χ0) is 22.3. The second-order valence-electron chi connectivity index (χ2n) is 6.80. The van der Waals surface area contributed by atoms with Crippen molar-refractivity contribution >= 4 is 17.6 Å². The molecule has 0 saturated carbocycles. The Labute approximate surface area is 184 Å². The lowest BCUT2D eigenvalue weighted by Crippen LogP contribution is -2.24. The molecule has 0 bridgehead atoms. The Bertz CT molecular complexity index is 1150. The predicted molar refractivity (Wildman–Crippen MR) is 119 cm³/mol. The molecule has 0 aliphatic carbocycles. The molecule has 10 heteroatoms. The van der Waals surface area contributed by atoms with Gasteiger partial charge in [-0.1, -0.05) is 30.3 Å². The van der Waals surface area contributed by atoms with Crippen molar-refractivity contribution in [2.24, 2.45) is 0 Å². The summed E-state index contributed by atoms with van der Waals surface area (Å²) in [6, 6.07) is 15.0. The molecule has 10 nitrogen and oxygen atoms in total. The molecule has 2 aromatic carbocycles. The van der Waals surface area contributed by atoms with E-state index in [2.05, 4.69) is 30.6 Å². The number of ether oxygens (including phenoxy) is 1. The van der Waals surface area contributed by atoms with Crippen LogP contribution in [0.2, 0.25) is 0 Å². The van der Waals surface area contributed by atoms with Gasteiger partial charge in [0, 0.05) is 23.9 Å². The molecule has 4 rings (SSSR count). The second kappa shape index (κ2) is 9.86. The van der Waals surface area contributed by atoms with E-state index in [0.717, 1.165) is 11.1 Å². The van der Waals surface area contributed by atoms with E-state index in [0.29, 0.717) is 29.0 Å². The van der Waals surface area contributed by atoms with Crippen molar-refractivity contribution in [3.8, 4) is 28.5 Å². The lowest BCUT2D eigenvalue weighted by molar-refractivity contribution is 0.105. The topological polar surface area (TPSA) is 138 Å². The number of oxazole rings is 1. The lowest BCUT2D eigenvalue weighted by atomic mass is 10.1. The van der Waals surface area contributed by atoms with Crippen LogP contribution in [-0.2, 0) is 0 Å². The molecule has 0 aliphatic rings. The van der Waals surface area contributed by atoms with E-state index >= 15 is 0 Å². The number of hydrogen-bond acceptors (Lipinski definition) is 10. The van der Waals surface area contributed by atoms with Gasteiger partial charge in [0.1, 0.15) is 5.75 Å². The molecule has 1 atom stereocenters. The van der Waals surface area contributed by atoms with Crippen LogP contribution in [0.15, 0.2) is 65.5 Å². The number of methoxy groups -OCH3 is 1. The fraction of sp³-hybridized carbons (Fsp3) is 0.182. The summed E-state index contributed by atoms with van der Waals surface area (Å²) in [5.41, 5.74) is 2.26. The third-order valence-corrected chi connectivity index (χ3v) is 4.53. The molecule has 2 heterocycles. The van der Waals surface area contributed by atoms with E-state index in [1.54, 1.807) is 19.4 Å². The molecular formula is C22H22N6O4. The van der Waals surface area contributed by atoms with E-state index in [1.807, 2.05) is 42.5 Å². The van der Waals surface area contributed by atoms with Gasteiger partial charge in [-0.2, -0.15) is 15.0 Å². The minimum Gasteiger partial charge on any atom is -0.496 e. The maximum absolute atomic E-state index is 9.65. The lowest BCUT2D eigenvalue weighted by Gasteiger charge is -2.13. The predicted octanol–water partition coefficient (Wildman–Crippen LogP) is 2.71. The van der Waals surface area contributed by atoms with E-state index in [9.17, 15) is 5.11 Å². The maximum Gasteiger partial charge on any atom is 0.232 e. The summed E-state index contributed by atoms with van der Waals surface area (Å²) in [7, 11) is 1.57. The third kappa shape index (κ3) is 4.99. The van der Waals surface area contributed by atoms with Gasteiger partial charge >= 0.3 is 0 Å². The molecular weight excluding hydrogens is 412 g/mol. The molecule has 0 amide bonds. The zero-order valence-electron chi connectivity index (χ0n) is 17.3. The van der Waals surface area contributed by atoms with Gasteiger partial charge in [0.2, 0.25) is 11.9 Å². The number of hydrogen-bond donors (Lipinski definition) is 4. The highest BCUT2D eigenvalue weighted by molar-refractivity contribution is 5.71. The summed E-state index contributed by atoms with van der Waals surface area (Å²) < 4.78 is 10.9. The first kappa shape index (κ1) is 21.2. The van der Waals surface area contributed by atoms with E-state index in [-0.39, 0.29) is 19.1 Å². The number of nitrogens with zero attached hydrogens (tertiary/aromatic N) is 4.